The van der Waals surface area contributed by atoms with Crippen LogP contribution in [-0.2, 0) is 9.47 Å². The van der Waals surface area contributed by atoms with Gasteiger partial charge >= 0.3 is 0 Å². The summed E-state index contributed by atoms with van der Waals surface area (Å²) in [7, 11) is 1.63. The maximum atomic E-state index is 14.9. The lowest BCUT2D eigenvalue weighted by atomic mass is 10.0. The van der Waals surface area contributed by atoms with Gasteiger partial charge in [-0.2, -0.15) is 0 Å². The van der Waals surface area contributed by atoms with Crippen LogP contribution in [-0.4, -0.2) is 59.8 Å². The highest BCUT2D eigenvalue weighted by Gasteiger charge is 2.48. The van der Waals surface area contributed by atoms with Crippen molar-refractivity contribution < 1.29 is 28.4 Å². The second-order valence-corrected chi connectivity index (χ2v) is 8.51. The molecular weight excluding hydrogens is 439 g/mol. The number of fused-ring (bicyclic) bond motifs is 2. The topological polar surface area (TPSA) is 85.8 Å². The van der Waals surface area contributed by atoms with E-state index in [4.69, 9.17) is 18.9 Å². The summed E-state index contributed by atoms with van der Waals surface area (Å²) in [4.78, 5) is 7.60. The van der Waals surface area contributed by atoms with Crippen LogP contribution in [0.5, 0.6) is 11.6 Å². The SMILES string of the molecule is COc1ccc(-c2ccc(-c3nc4cc(O[C@@H]5CO[C@H]6[C@@H]5OC[C@H]6O)[nH]c4cc3F)cc2)cc1. The van der Waals surface area contributed by atoms with Crippen LogP contribution in [0.15, 0.2) is 60.7 Å². The summed E-state index contributed by atoms with van der Waals surface area (Å²) in [6.07, 6.45) is -1.70. The number of aromatic amines is 1. The van der Waals surface area contributed by atoms with Crippen LogP contribution in [0.25, 0.3) is 33.4 Å². The molecule has 2 N–H and O–H groups in total. The van der Waals surface area contributed by atoms with Crippen LogP contribution < -0.4 is 9.47 Å². The molecule has 4 heterocycles. The average Bonchev–Trinajstić information content (AvgIpc) is 3.55. The number of hydrogen-bond donors (Lipinski definition) is 2. The van der Waals surface area contributed by atoms with Gasteiger partial charge in [0.05, 0.1) is 31.4 Å². The summed E-state index contributed by atoms with van der Waals surface area (Å²) in [6, 6.07) is 18.5. The zero-order valence-electron chi connectivity index (χ0n) is 18.4. The number of H-pyrrole nitrogens is 1. The third-order valence-corrected chi connectivity index (χ3v) is 6.37. The van der Waals surface area contributed by atoms with Gasteiger partial charge < -0.3 is 29.0 Å². The van der Waals surface area contributed by atoms with Crippen molar-refractivity contribution >= 4 is 11.0 Å². The fourth-order valence-electron chi connectivity index (χ4n) is 4.58. The molecule has 0 radical (unpaired) electrons. The Morgan fingerprint density at radius 3 is 2.35 bits per heavy atom. The lowest BCUT2D eigenvalue weighted by molar-refractivity contribution is 0.00794. The second-order valence-electron chi connectivity index (χ2n) is 8.51. The first-order valence-electron chi connectivity index (χ1n) is 11.1. The van der Waals surface area contributed by atoms with Crippen LogP contribution >= 0.6 is 0 Å². The molecular formula is C26H23FN2O5. The van der Waals surface area contributed by atoms with Crippen molar-refractivity contribution in [2.75, 3.05) is 20.3 Å². The number of hydrogen-bond acceptors (Lipinski definition) is 6. The maximum absolute atomic E-state index is 14.9. The molecule has 0 bridgehead atoms. The molecule has 0 aliphatic carbocycles. The Kier molecular flexibility index (Phi) is 5.21. The van der Waals surface area contributed by atoms with Crippen molar-refractivity contribution in [1.29, 1.82) is 0 Å². The molecule has 2 aliphatic heterocycles. The molecule has 2 fully saturated rings. The highest BCUT2D eigenvalue weighted by atomic mass is 19.1. The van der Waals surface area contributed by atoms with Crippen LogP contribution in [0, 0.1) is 5.82 Å². The highest BCUT2D eigenvalue weighted by molar-refractivity contribution is 5.81. The van der Waals surface area contributed by atoms with E-state index in [1.807, 2.05) is 48.5 Å². The number of aliphatic hydroxyl groups is 1. The van der Waals surface area contributed by atoms with E-state index in [9.17, 15) is 9.50 Å². The molecule has 6 rings (SSSR count). The Bertz CT molecular complexity index is 1320. The van der Waals surface area contributed by atoms with Crippen molar-refractivity contribution in [1.82, 2.24) is 9.97 Å². The first kappa shape index (κ1) is 21.1. The van der Waals surface area contributed by atoms with Gasteiger partial charge in [-0.15, -0.1) is 0 Å². The number of methoxy groups -OCH3 is 1. The average molecular weight is 462 g/mol. The third-order valence-electron chi connectivity index (χ3n) is 6.37. The molecule has 2 saturated heterocycles. The molecule has 34 heavy (non-hydrogen) atoms. The van der Waals surface area contributed by atoms with Crippen LogP contribution in [0.4, 0.5) is 4.39 Å². The number of halogens is 1. The van der Waals surface area contributed by atoms with Gasteiger partial charge in [0.1, 0.15) is 29.8 Å². The number of benzene rings is 2. The minimum atomic E-state index is -0.643. The van der Waals surface area contributed by atoms with Crippen molar-refractivity contribution in [2.45, 2.75) is 24.4 Å². The highest BCUT2D eigenvalue weighted by Crippen LogP contribution is 2.32. The summed E-state index contributed by atoms with van der Waals surface area (Å²) >= 11 is 0. The van der Waals surface area contributed by atoms with E-state index in [0.717, 1.165) is 16.9 Å². The number of nitrogens with zero attached hydrogens (tertiary/aromatic N) is 1. The third kappa shape index (κ3) is 3.69. The summed E-state index contributed by atoms with van der Waals surface area (Å²) in [6.45, 7) is 0.546. The van der Waals surface area contributed by atoms with Crippen LogP contribution in [0.1, 0.15) is 0 Å². The number of nitrogens with one attached hydrogen (secondary N) is 1. The minimum absolute atomic E-state index is 0.231. The van der Waals surface area contributed by atoms with Gasteiger partial charge in [0.25, 0.3) is 0 Å². The van der Waals surface area contributed by atoms with E-state index in [-0.39, 0.29) is 30.6 Å². The summed E-state index contributed by atoms with van der Waals surface area (Å²) in [5.74, 6) is 0.821. The first-order chi connectivity index (χ1) is 16.6. The fraction of sp³-hybridized carbons (Fsp3) is 0.269. The summed E-state index contributed by atoms with van der Waals surface area (Å²) < 4.78 is 37.4. The Morgan fingerprint density at radius 1 is 0.941 bits per heavy atom. The predicted octanol–water partition coefficient (Wildman–Crippen LogP) is 3.95. The lowest BCUT2D eigenvalue weighted by Gasteiger charge is -2.16. The molecule has 0 unspecified atom stereocenters. The number of aliphatic hydroxyl groups excluding tert-OH is 1. The quantitative estimate of drug-likeness (QED) is 0.467. The molecule has 4 aromatic rings. The van der Waals surface area contributed by atoms with Gasteiger partial charge in [-0.1, -0.05) is 36.4 Å². The van der Waals surface area contributed by atoms with E-state index >= 15 is 0 Å². The Morgan fingerprint density at radius 2 is 1.62 bits per heavy atom. The molecule has 2 aromatic carbocycles. The van der Waals surface area contributed by atoms with Crippen molar-refractivity contribution in [3.63, 3.8) is 0 Å². The number of ether oxygens (including phenoxy) is 4. The van der Waals surface area contributed by atoms with Gasteiger partial charge in [0.15, 0.2) is 17.8 Å². The van der Waals surface area contributed by atoms with E-state index in [2.05, 4.69) is 9.97 Å². The smallest absolute Gasteiger partial charge is 0.193 e. The molecule has 2 aliphatic rings. The molecule has 2 aromatic heterocycles. The largest absolute Gasteiger partial charge is 0.497 e. The van der Waals surface area contributed by atoms with Gasteiger partial charge in [0, 0.05) is 17.7 Å². The number of pyridine rings is 1. The van der Waals surface area contributed by atoms with E-state index in [1.54, 1.807) is 13.2 Å². The van der Waals surface area contributed by atoms with Crippen LogP contribution in [0.3, 0.4) is 0 Å². The normalized spacial score (nSPS) is 23.9. The van der Waals surface area contributed by atoms with Gasteiger partial charge in [-0.25, -0.2) is 9.37 Å². The van der Waals surface area contributed by atoms with Crippen molar-refractivity contribution in [2.24, 2.45) is 0 Å². The van der Waals surface area contributed by atoms with Crippen LogP contribution in [0.2, 0.25) is 0 Å². The second kappa shape index (κ2) is 8.39. The van der Waals surface area contributed by atoms with Crippen molar-refractivity contribution in [3.8, 4) is 34.0 Å². The minimum Gasteiger partial charge on any atom is -0.497 e. The summed E-state index contributed by atoms with van der Waals surface area (Å²) in [5.41, 5.74) is 4.14. The molecule has 174 valence electrons. The standard InChI is InChI=1S/C26H23FN2O5/c1-31-17-8-6-15(7-9-17)14-2-4-16(5-3-14)24-18(27)10-19-20(29-24)11-23(28-19)34-22-13-33-25-21(30)12-32-26(22)25/h2-11,21-22,25-26,28,30H,12-13H2,1H3/t21-,22-,25-,26-/m1/s1. The maximum Gasteiger partial charge on any atom is 0.193 e. The molecule has 4 atom stereocenters. The molecule has 0 saturated carbocycles. The van der Waals surface area contributed by atoms with E-state index < -0.39 is 11.9 Å². The molecule has 0 spiro atoms. The van der Waals surface area contributed by atoms with Crippen molar-refractivity contribution in [3.05, 3.63) is 66.5 Å². The first-order valence-corrected chi connectivity index (χ1v) is 11.1. The summed E-state index contributed by atoms with van der Waals surface area (Å²) in [5, 5.41) is 9.90. The van der Waals surface area contributed by atoms with E-state index in [0.29, 0.717) is 29.1 Å². The van der Waals surface area contributed by atoms with Gasteiger partial charge in [-0.05, 0) is 23.3 Å². The Hall–Kier alpha value is -3.46. The Labute approximate surface area is 195 Å². The van der Waals surface area contributed by atoms with Gasteiger partial charge in [-0.3, -0.25) is 0 Å². The number of aromatic nitrogens is 2. The lowest BCUT2D eigenvalue weighted by Crippen LogP contribution is -2.34. The number of rotatable bonds is 5. The molecule has 7 nitrogen and oxygen atoms in total. The zero-order valence-corrected chi connectivity index (χ0v) is 18.4. The molecule has 0 amide bonds. The zero-order chi connectivity index (χ0) is 23.2. The van der Waals surface area contributed by atoms with Gasteiger partial charge in [0.2, 0.25) is 0 Å². The molecule has 8 heteroatoms. The Balaban J connectivity index is 1.24. The fourth-order valence-corrected chi connectivity index (χ4v) is 4.58. The predicted molar refractivity (Wildman–Crippen MR) is 123 cm³/mol. The monoisotopic (exact) mass is 462 g/mol. The van der Waals surface area contributed by atoms with E-state index in [1.165, 1.54) is 6.07 Å².